The molecule has 0 spiro atoms. The summed E-state index contributed by atoms with van der Waals surface area (Å²) in [7, 11) is -2.35. The number of aliphatic hydroxyl groups excluding tert-OH is 1. The van der Waals surface area contributed by atoms with Crippen LogP contribution in [0, 0.1) is 29.3 Å². The zero-order chi connectivity index (χ0) is 27.1. The lowest BCUT2D eigenvalue weighted by Crippen LogP contribution is -2.56. The largest absolute Gasteiger partial charge is 0.396 e. The number of anilines is 1. The van der Waals surface area contributed by atoms with E-state index < -0.39 is 44.0 Å². The maximum atomic E-state index is 13.8. The number of hydrogen-bond donors (Lipinski definition) is 4. The predicted octanol–water partition coefficient (Wildman–Crippen LogP) is 3.67. The minimum atomic E-state index is -4.03. The molecule has 2 saturated carbocycles. The molecule has 3 atom stereocenters. The second-order valence-corrected chi connectivity index (χ2v) is 12.3. The van der Waals surface area contributed by atoms with E-state index in [1.54, 1.807) is 7.05 Å². The average Bonchev–Trinajstić information content (AvgIpc) is 3.14. The van der Waals surface area contributed by atoms with Crippen molar-refractivity contribution in [2.45, 2.75) is 53.9 Å². The Morgan fingerprint density at radius 3 is 2.27 bits per heavy atom. The van der Waals surface area contributed by atoms with Crippen LogP contribution in [0.4, 0.5) is 18.9 Å². The fourth-order valence-corrected chi connectivity index (χ4v) is 8.85. The molecule has 4 rings (SSSR count). The van der Waals surface area contributed by atoms with Crippen LogP contribution in [0.3, 0.4) is 0 Å². The molecule has 0 heterocycles. The van der Waals surface area contributed by atoms with Crippen LogP contribution in [0.5, 0.6) is 0 Å². The van der Waals surface area contributed by atoms with Crippen LogP contribution >= 0.6 is 11.6 Å². The van der Waals surface area contributed by atoms with E-state index in [2.05, 4.69) is 10.6 Å². The first-order valence-electron chi connectivity index (χ1n) is 11.9. The number of rotatable bonds is 8. The Bertz CT molecular complexity index is 1270. The zero-order valence-corrected chi connectivity index (χ0v) is 21.6. The van der Waals surface area contributed by atoms with Crippen LogP contribution < -0.4 is 10.6 Å². The van der Waals surface area contributed by atoms with Gasteiger partial charge in [0, 0.05) is 36.0 Å². The van der Waals surface area contributed by atoms with Crippen LogP contribution in [-0.2, 0) is 9.84 Å². The van der Waals surface area contributed by atoms with Gasteiger partial charge in [-0.3, -0.25) is 4.79 Å². The van der Waals surface area contributed by atoms with Crippen molar-refractivity contribution in [3.05, 3.63) is 58.4 Å². The smallest absolute Gasteiger partial charge is 0.255 e. The van der Waals surface area contributed by atoms with Gasteiger partial charge in [0.2, 0.25) is 0 Å². The molecule has 12 heteroatoms. The third-order valence-corrected chi connectivity index (χ3v) is 10.5. The van der Waals surface area contributed by atoms with Gasteiger partial charge in [-0.25, -0.2) is 21.6 Å². The second kappa shape index (κ2) is 10.5. The van der Waals surface area contributed by atoms with Gasteiger partial charge in [0.1, 0.15) is 0 Å². The van der Waals surface area contributed by atoms with E-state index in [0.717, 1.165) is 6.07 Å². The molecule has 2 aromatic rings. The van der Waals surface area contributed by atoms with Crippen molar-refractivity contribution in [1.29, 1.82) is 0 Å². The summed E-state index contributed by atoms with van der Waals surface area (Å²) < 4.78 is 67.9. The Hall–Kier alpha value is -2.18. The van der Waals surface area contributed by atoms with Gasteiger partial charge in [0.05, 0.1) is 20.8 Å². The summed E-state index contributed by atoms with van der Waals surface area (Å²) in [6, 6.07) is 4.48. The van der Waals surface area contributed by atoms with Crippen molar-refractivity contribution in [3.8, 4) is 0 Å². The minimum Gasteiger partial charge on any atom is -0.396 e. The third-order valence-electron chi connectivity index (χ3n) is 7.58. The van der Waals surface area contributed by atoms with Crippen LogP contribution in [0.2, 0.25) is 5.02 Å². The van der Waals surface area contributed by atoms with Crippen LogP contribution in [0.25, 0.3) is 0 Å². The molecule has 2 bridgehead atoms. The van der Waals surface area contributed by atoms with E-state index in [1.165, 1.54) is 12.1 Å². The quantitative estimate of drug-likeness (QED) is 0.366. The number of sulfone groups is 1. The van der Waals surface area contributed by atoms with Crippen molar-refractivity contribution >= 4 is 33.0 Å². The summed E-state index contributed by atoms with van der Waals surface area (Å²) >= 11 is 6.27. The number of hydrogen-bond acceptors (Lipinski definition) is 6. The first kappa shape index (κ1) is 27.8. The van der Waals surface area contributed by atoms with Gasteiger partial charge >= 0.3 is 0 Å². The highest BCUT2D eigenvalue weighted by Crippen LogP contribution is 2.52. The summed E-state index contributed by atoms with van der Waals surface area (Å²) in [6.45, 7) is -0.119. The van der Waals surface area contributed by atoms with Crippen molar-refractivity contribution in [2.24, 2.45) is 11.8 Å². The van der Waals surface area contributed by atoms with Crippen LogP contribution in [0.1, 0.15) is 42.5 Å². The number of likely N-dealkylation sites (N-methyl/N-ethyl adjacent to an activating group) is 1. The van der Waals surface area contributed by atoms with Crippen molar-refractivity contribution in [2.75, 3.05) is 19.0 Å². The monoisotopic (exact) mass is 560 g/mol. The highest BCUT2D eigenvalue weighted by Gasteiger charge is 2.56. The van der Waals surface area contributed by atoms with Gasteiger partial charge in [-0.2, -0.15) is 0 Å². The molecule has 0 aromatic heterocycles. The van der Waals surface area contributed by atoms with Crippen LogP contribution in [-0.4, -0.2) is 55.1 Å². The molecule has 37 heavy (non-hydrogen) atoms. The highest BCUT2D eigenvalue weighted by molar-refractivity contribution is 7.92. The van der Waals surface area contributed by atoms with Crippen LogP contribution in [0.15, 0.2) is 35.2 Å². The number of nitrogens with one attached hydrogen (secondary N) is 2. The van der Waals surface area contributed by atoms with E-state index >= 15 is 0 Å². The van der Waals surface area contributed by atoms with E-state index in [-0.39, 0.29) is 58.5 Å². The molecule has 0 aliphatic heterocycles. The number of aliphatic hydroxyl groups is 2. The molecule has 1 amide bonds. The topological polar surface area (TPSA) is 116 Å². The number of fused-ring (bicyclic) bond motifs is 2. The average molecular weight is 561 g/mol. The van der Waals surface area contributed by atoms with E-state index in [1.807, 2.05) is 0 Å². The molecule has 2 aliphatic rings. The molecular weight excluding hydrogens is 533 g/mol. The first-order valence-corrected chi connectivity index (χ1v) is 13.8. The Kier molecular flexibility index (Phi) is 7.92. The molecule has 2 aliphatic carbocycles. The fraction of sp³-hybridized carbons (Fsp3) is 0.480. The summed E-state index contributed by atoms with van der Waals surface area (Å²) in [5.41, 5.74) is -1.63. The number of halogens is 4. The predicted molar refractivity (Wildman–Crippen MR) is 132 cm³/mol. The second-order valence-electron chi connectivity index (χ2n) is 9.83. The lowest BCUT2D eigenvalue weighted by Gasteiger charge is -2.45. The summed E-state index contributed by atoms with van der Waals surface area (Å²) in [5, 5.41) is 25.1. The van der Waals surface area contributed by atoms with Crippen molar-refractivity contribution in [3.63, 3.8) is 0 Å². The molecule has 202 valence electrons. The maximum absolute atomic E-state index is 13.8. The Balaban J connectivity index is 1.60. The molecule has 7 nitrogen and oxygen atoms in total. The van der Waals surface area contributed by atoms with Gasteiger partial charge < -0.3 is 20.8 Å². The number of amides is 1. The molecule has 0 radical (unpaired) electrons. The summed E-state index contributed by atoms with van der Waals surface area (Å²) in [6.07, 6.45) is 2.00. The zero-order valence-electron chi connectivity index (χ0n) is 20.0. The Morgan fingerprint density at radius 2 is 1.73 bits per heavy atom. The normalized spacial score (nSPS) is 26.2. The SMILES string of the molecule is CN[C@H](CCO)[C@]1(O)CC2CCC(C1)[C@H]2S(=O)(=O)c1cc(C(=O)Nc2cc(F)c(F)c(F)c2)ccc1Cl. The number of benzene rings is 2. The molecule has 0 saturated heterocycles. The summed E-state index contributed by atoms with van der Waals surface area (Å²) in [5.74, 6) is -6.20. The Labute approximate surface area is 217 Å². The van der Waals surface area contributed by atoms with E-state index in [4.69, 9.17) is 11.6 Å². The molecule has 2 unspecified atom stereocenters. The number of carbonyl (C=O) groups excluding carboxylic acids is 1. The molecule has 4 N–H and O–H groups in total. The van der Waals surface area contributed by atoms with Gasteiger partial charge in [-0.15, -0.1) is 0 Å². The van der Waals surface area contributed by atoms with E-state index in [9.17, 15) is 36.6 Å². The molecule has 2 fully saturated rings. The lowest BCUT2D eigenvalue weighted by atomic mass is 9.72. The van der Waals surface area contributed by atoms with Gasteiger partial charge in [0.25, 0.3) is 5.91 Å². The summed E-state index contributed by atoms with van der Waals surface area (Å²) in [4.78, 5) is 12.5. The number of carbonyl (C=O) groups is 1. The molecule has 2 aromatic carbocycles. The fourth-order valence-electron chi connectivity index (χ4n) is 6.01. The maximum Gasteiger partial charge on any atom is 0.255 e. The van der Waals surface area contributed by atoms with Gasteiger partial charge in [-0.05, 0) is 69.2 Å². The van der Waals surface area contributed by atoms with Gasteiger partial charge in [0.15, 0.2) is 27.3 Å². The standard InChI is InChI=1S/C25H28ClF3N2O5S/c1-30-21(6-7-32)25(34)11-14-2-3-15(12-25)23(14)37(35,36)20-8-13(4-5-17(20)26)24(33)31-16-9-18(27)22(29)19(28)10-16/h4-5,8-10,14-15,21,23,30,32,34H,2-3,6-7,11-12H2,1H3,(H,31,33)/t14?,15?,21-,23-,25-/m1/s1. The van der Waals surface area contributed by atoms with Crippen molar-refractivity contribution < 1.29 is 36.6 Å². The first-order chi connectivity index (χ1) is 17.4. The minimum absolute atomic E-state index is 0.0796. The molecular formula is C25H28ClF3N2O5S. The Morgan fingerprint density at radius 1 is 1.14 bits per heavy atom. The third kappa shape index (κ3) is 5.24. The lowest BCUT2D eigenvalue weighted by molar-refractivity contribution is -0.0534. The highest BCUT2D eigenvalue weighted by atomic mass is 35.5. The van der Waals surface area contributed by atoms with Gasteiger partial charge in [-0.1, -0.05) is 11.6 Å². The van der Waals surface area contributed by atoms with Crippen molar-refractivity contribution in [1.82, 2.24) is 5.32 Å². The van der Waals surface area contributed by atoms with E-state index in [0.29, 0.717) is 31.4 Å².